The van der Waals surface area contributed by atoms with Crippen molar-refractivity contribution in [1.29, 1.82) is 0 Å². The Morgan fingerprint density at radius 3 is 3.00 bits per heavy atom. The van der Waals surface area contributed by atoms with Crippen molar-refractivity contribution in [2.75, 3.05) is 11.9 Å². The van der Waals surface area contributed by atoms with E-state index in [1.807, 2.05) is 30.5 Å². The van der Waals surface area contributed by atoms with Gasteiger partial charge in [-0.05, 0) is 12.5 Å². The van der Waals surface area contributed by atoms with Crippen molar-refractivity contribution < 1.29 is 9.90 Å². The number of H-pyrrole nitrogens is 1. The number of aromatic nitrogens is 1. The minimum Gasteiger partial charge on any atom is -0.480 e. The van der Waals surface area contributed by atoms with Gasteiger partial charge in [-0.1, -0.05) is 18.2 Å². The van der Waals surface area contributed by atoms with E-state index in [9.17, 15) is 4.79 Å². The topological polar surface area (TPSA) is 91.1 Å². The van der Waals surface area contributed by atoms with Crippen LogP contribution in [0, 0.1) is 0 Å². The van der Waals surface area contributed by atoms with Gasteiger partial charge in [0.15, 0.2) is 0 Å². The van der Waals surface area contributed by atoms with Crippen LogP contribution in [0.2, 0.25) is 0 Å². The summed E-state index contributed by atoms with van der Waals surface area (Å²) in [5.41, 5.74) is 7.45. The number of hydrogen-bond donors (Lipinski definition) is 4. The first-order chi connectivity index (χ1) is 8.18. The number of carbonyl (C=O) groups is 1. The minimum atomic E-state index is -0.967. The first-order valence-corrected chi connectivity index (χ1v) is 5.47. The van der Waals surface area contributed by atoms with E-state index in [4.69, 9.17) is 10.8 Å². The zero-order valence-electron chi connectivity index (χ0n) is 9.31. The molecule has 2 aromatic rings. The standard InChI is InChI=1S/C12H15N3O2/c13-9(12(16)17)5-6-14-11-7-15-10-4-2-1-3-8(10)11/h1-4,7,9,14-15H,5-6,13H2,(H,16,17). The number of fused-ring (bicyclic) bond motifs is 1. The molecular formula is C12H15N3O2. The number of nitrogens with two attached hydrogens (primary N) is 1. The van der Waals surface area contributed by atoms with Crippen LogP contribution in [-0.4, -0.2) is 28.6 Å². The maximum Gasteiger partial charge on any atom is 0.320 e. The Morgan fingerprint density at radius 2 is 2.24 bits per heavy atom. The Balaban J connectivity index is 1.98. The molecule has 0 bridgehead atoms. The smallest absolute Gasteiger partial charge is 0.320 e. The Labute approximate surface area is 98.6 Å². The van der Waals surface area contributed by atoms with Crippen LogP contribution in [0.25, 0.3) is 10.9 Å². The van der Waals surface area contributed by atoms with Crippen molar-refractivity contribution >= 4 is 22.6 Å². The number of nitrogens with one attached hydrogen (secondary N) is 2. The fourth-order valence-electron chi connectivity index (χ4n) is 1.70. The van der Waals surface area contributed by atoms with Crippen molar-refractivity contribution in [2.24, 2.45) is 5.73 Å². The molecule has 5 heteroatoms. The molecular weight excluding hydrogens is 218 g/mol. The van der Waals surface area contributed by atoms with Crippen molar-refractivity contribution in [3.8, 4) is 0 Å². The highest BCUT2D eigenvalue weighted by Gasteiger charge is 2.10. The molecule has 0 amide bonds. The molecule has 0 spiro atoms. The van der Waals surface area contributed by atoms with Gasteiger partial charge in [-0.25, -0.2) is 0 Å². The molecule has 1 unspecified atom stereocenters. The van der Waals surface area contributed by atoms with E-state index in [-0.39, 0.29) is 0 Å². The maximum absolute atomic E-state index is 10.5. The number of rotatable bonds is 5. The Hall–Kier alpha value is -2.01. The van der Waals surface area contributed by atoms with Crippen molar-refractivity contribution in [2.45, 2.75) is 12.5 Å². The van der Waals surface area contributed by atoms with Crippen LogP contribution in [0.1, 0.15) is 6.42 Å². The first kappa shape index (κ1) is 11.5. The molecule has 5 nitrogen and oxygen atoms in total. The van der Waals surface area contributed by atoms with Crippen LogP contribution in [0.5, 0.6) is 0 Å². The van der Waals surface area contributed by atoms with Crippen molar-refractivity contribution in [3.05, 3.63) is 30.5 Å². The zero-order chi connectivity index (χ0) is 12.3. The molecule has 2 rings (SSSR count). The lowest BCUT2D eigenvalue weighted by atomic mass is 10.2. The SMILES string of the molecule is NC(CCNc1c[nH]c2ccccc12)C(=O)O. The largest absolute Gasteiger partial charge is 0.480 e. The second-order valence-corrected chi connectivity index (χ2v) is 3.91. The molecule has 0 aliphatic rings. The van der Waals surface area contributed by atoms with Gasteiger partial charge in [0.05, 0.1) is 5.69 Å². The average molecular weight is 233 g/mol. The Kier molecular flexibility index (Phi) is 3.30. The fraction of sp³-hybridized carbons (Fsp3) is 0.250. The molecule has 90 valence electrons. The number of carboxylic acid groups (broad SMARTS) is 1. The van der Waals surface area contributed by atoms with Crippen molar-refractivity contribution in [1.82, 2.24) is 4.98 Å². The summed E-state index contributed by atoms with van der Waals surface area (Å²) in [5.74, 6) is -0.967. The Bertz CT molecular complexity index is 521. The van der Waals surface area contributed by atoms with Crippen LogP contribution in [0.15, 0.2) is 30.5 Å². The van der Waals surface area contributed by atoms with Gasteiger partial charge in [0.25, 0.3) is 0 Å². The van der Waals surface area contributed by atoms with E-state index in [0.717, 1.165) is 16.6 Å². The third kappa shape index (κ3) is 2.57. The van der Waals surface area contributed by atoms with E-state index < -0.39 is 12.0 Å². The molecule has 1 heterocycles. The quantitative estimate of drug-likeness (QED) is 0.628. The molecule has 1 atom stereocenters. The summed E-state index contributed by atoms with van der Waals surface area (Å²) in [7, 11) is 0. The van der Waals surface area contributed by atoms with Crippen LogP contribution < -0.4 is 11.1 Å². The van der Waals surface area contributed by atoms with Gasteiger partial charge in [-0.3, -0.25) is 4.79 Å². The molecule has 0 aliphatic heterocycles. The normalized spacial score (nSPS) is 12.5. The van der Waals surface area contributed by atoms with E-state index in [2.05, 4.69) is 10.3 Å². The van der Waals surface area contributed by atoms with E-state index >= 15 is 0 Å². The van der Waals surface area contributed by atoms with Crippen LogP contribution in [0.4, 0.5) is 5.69 Å². The molecule has 0 saturated heterocycles. The van der Waals surface area contributed by atoms with Crippen LogP contribution >= 0.6 is 0 Å². The molecule has 1 aromatic heterocycles. The molecule has 0 radical (unpaired) electrons. The molecule has 0 aliphatic carbocycles. The van der Waals surface area contributed by atoms with Crippen molar-refractivity contribution in [3.63, 3.8) is 0 Å². The predicted molar refractivity (Wildman–Crippen MR) is 67.0 cm³/mol. The third-order valence-corrected chi connectivity index (χ3v) is 2.68. The molecule has 5 N–H and O–H groups in total. The van der Waals surface area contributed by atoms with Gasteiger partial charge in [-0.2, -0.15) is 0 Å². The summed E-state index contributed by atoms with van der Waals surface area (Å²) in [6.07, 6.45) is 2.27. The van der Waals surface area contributed by atoms with Gasteiger partial charge in [0.2, 0.25) is 0 Å². The molecule has 0 saturated carbocycles. The van der Waals surface area contributed by atoms with E-state index in [0.29, 0.717) is 13.0 Å². The molecule has 1 aromatic carbocycles. The minimum absolute atomic E-state index is 0.398. The lowest BCUT2D eigenvalue weighted by Gasteiger charge is -2.07. The number of aliphatic carboxylic acids is 1. The van der Waals surface area contributed by atoms with Gasteiger partial charge in [-0.15, -0.1) is 0 Å². The van der Waals surface area contributed by atoms with Crippen LogP contribution in [-0.2, 0) is 4.79 Å². The van der Waals surface area contributed by atoms with Gasteiger partial charge >= 0.3 is 5.97 Å². The second-order valence-electron chi connectivity index (χ2n) is 3.91. The predicted octanol–water partition coefficient (Wildman–Crippen LogP) is 1.38. The van der Waals surface area contributed by atoms with Gasteiger partial charge in [0.1, 0.15) is 6.04 Å². The number of carboxylic acids is 1. The van der Waals surface area contributed by atoms with Crippen LogP contribution in [0.3, 0.4) is 0 Å². The maximum atomic E-state index is 10.5. The summed E-state index contributed by atoms with van der Waals surface area (Å²) in [5, 5.41) is 12.9. The Morgan fingerprint density at radius 1 is 1.47 bits per heavy atom. The lowest BCUT2D eigenvalue weighted by Crippen LogP contribution is -2.32. The lowest BCUT2D eigenvalue weighted by molar-refractivity contribution is -0.138. The number of hydrogen-bond acceptors (Lipinski definition) is 3. The van der Waals surface area contributed by atoms with E-state index in [1.54, 1.807) is 0 Å². The summed E-state index contributed by atoms with van der Waals surface area (Å²) in [6.45, 7) is 0.537. The second kappa shape index (κ2) is 4.88. The third-order valence-electron chi connectivity index (χ3n) is 2.68. The number of benzene rings is 1. The zero-order valence-corrected chi connectivity index (χ0v) is 9.31. The highest BCUT2D eigenvalue weighted by Crippen LogP contribution is 2.22. The summed E-state index contributed by atoms with van der Waals surface area (Å²) < 4.78 is 0. The summed E-state index contributed by atoms with van der Waals surface area (Å²) >= 11 is 0. The molecule has 17 heavy (non-hydrogen) atoms. The number of anilines is 1. The average Bonchev–Trinajstić information content (AvgIpc) is 2.72. The number of para-hydroxylation sites is 1. The highest BCUT2D eigenvalue weighted by atomic mass is 16.4. The first-order valence-electron chi connectivity index (χ1n) is 5.47. The highest BCUT2D eigenvalue weighted by molar-refractivity contribution is 5.92. The molecule has 0 fully saturated rings. The van der Waals surface area contributed by atoms with Gasteiger partial charge in [0, 0.05) is 23.6 Å². The van der Waals surface area contributed by atoms with Gasteiger partial charge < -0.3 is 21.1 Å². The summed E-state index contributed by atoms with van der Waals surface area (Å²) in [6, 6.07) is 7.11. The number of aromatic amines is 1. The fourth-order valence-corrected chi connectivity index (χ4v) is 1.70. The van der Waals surface area contributed by atoms with E-state index in [1.165, 1.54) is 0 Å². The monoisotopic (exact) mass is 233 g/mol. The summed E-state index contributed by atoms with van der Waals surface area (Å²) in [4.78, 5) is 13.7.